The molecule has 0 aliphatic rings. The lowest BCUT2D eigenvalue weighted by Crippen LogP contribution is -2.36. The number of carbonyl (C=O) groups excluding carboxylic acids is 1. The Balaban J connectivity index is 1.88. The van der Waals surface area contributed by atoms with Gasteiger partial charge in [0.2, 0.25) is 10.0 Å². The van der Waals surface area contributed by atoms with E-state index in [-0.39, 0.29) is 23.6 Å². The number of rotatable bonds is 7. The maximum absolute atomic E-state index is 12.8. The summed E-state index contributed by atoms with van der Waals surface area (Å²) in [7, 11) is -4.01. The van der Waals surface area contributed by atoms with E-state index in [0.29, 0.717) is 12.1 Å². The first-order valence-corrected chi connectivity index (χ1v) is 9.57. The quantitative estimate of drug-likeness (QED) is 0.676. The molecule has 0 radical (unpaired) electrons. The summed E-state index contributed by atoms with van der Waals surface area (Å²) in [4.78, 5) is 15.2. The third-order valence-electron chi connectivity index (χ3n) is 3.67. The predicted molar refractivity (Wildman–Crippen MR) is 92.4 cm³/mol. The molecule has 0 saturated carbocycles. The number of carbonyl (C=O) groups is 1. The maximum atomic E-state index is 12.8. The van der Waals surface area contributed by atoms with Crippen LogP contribution in [0.3, 0.4) is 0 Å². The monoisotopic (exact) mass is 419 g/mol. The number of sulfonamides is 1. The second-order valence-electron chi connectivity index (χ2n) is 5.95. The van der Waals surface area contributed by atoms with E-state index < -0.39 is 39.5 Å². The molecule has 1 unspecified atom stereocenters. The number of amides is 1. The molecule has 1 amide bonds. The zero-order valence-electron chi connectivity index (χ0n) is 14.6. The maximum Gasteiger partial charge on any atom is 0.416 e. The molecule has 1 aromatic heterocycles. The van der Waals surface area contributed by atoms with Gasteiger partial charge in [0.05, 0.1) is 16.7 Å². The minimum atomic E-state index is -4.55. The van der Waals surface area contributed by atoms with E-state index in [1.807, 2.05) is 0 Å². The van der Waals surface area contributed by atoms with Gasteiger partial charge in [0.15, 0.2) is 0 Å². The summed E-state index contributed by atoms with van der Waals surface area (Å²) < 4.78 is 77.2. The van der Waals surface area contributed by atoms with Crippen molar-refractivity contribution in [1.29, 1.82) is 0 Å². The molecule has 28 heavy (non-hydrogen) atoms. The lowest BCUT2D eigenvalue weighted by atomic mass is 10.2. The van der Waals surface area contributed by atoms with E-state index in [1.165, 1.54) is 6.07 Å². The van der Waals surface area contributed by atoms with Gasteiger partial charge < -0.3 is 5.32 Å². The highest BCUT2D eigenvalue weighted by Gasteiger charge is 2.30. The van der Waals surface area contributed by atoms with Crippen LogP contribution in [-0.4, -0.2) is 31.9 Å². The first kappa shape index (κ1) is 21.8. The van der Waals surface area contributed by atoms with Gasteiger partial charge in [-0.25, -0.2) is 22.5 Å². The number of benzene rings is 1. The Kier molecular flexibility index (Phi) is 6.73. The van der Waals surface area contributed by atoms with Crippen LogP contribution in [0.4, 0.5) is 17.6 Å². The SMILES string of the molecule is CC(CCNC(=O)c1ccc(F)cn1)NS(=O)(=O)c1ccc(C(F)(F)F)cc1. The lowest BCUT2D eigenvalue weighted by molar-refractivity contribution is -0.137. The minimum absolute atomic E-state index is 0.0133. The summed E-state index contributed by atoms with van der Waals surface area (Å²) in [5.41, 5.74) is -0.934. The van der Waals surface area contributed by atoms with Crippen LogP contribution < -0.4 is 10.0 Å². The summed E-state index contributed by atoms with van der Waals surface area (Å²) in [5.74, 6) is -1.12. The summed E-state index contributed by atoms with van der Waals surface area (Å²) in [6.07, 6.45) is -3.44. The number of pyridine rings is 1. The van der Waals surface area contributed by atoms with Crippen LogP contribution in [0.25, 0.3) is 0 Å². The van der Waals surface area contributed by atoms with Gasteiger partial charge in [-0.1, -0.05) is 0 Å². The Morgan fingerprint density at radius 2 is 1.79 bits per heavy atom. The highest BCUT2D eigenvalue weighted by Crippen LogP contribution is 2.29. The summed E-state index contributed by atoms with van der Waals surface area (Å²) >= 11 is 0. The molecule has 2 rings (SSSR count). The molecule has 1 heterocycles. The summed E-state index contributed by atoms with van der Waals surface area (Å²) in [5, 5.41) is 2.52. The van der Waals surface area contributed by atoms with E-state index in [2.05, 4.69) is 15.0 Å². The number of hydrogen-bond acceptors (Lipinski definition) is 4. The molecule has 152 valence electrons. The van der Waals surface area contributed by atoms with E-state index in [9.17, 15) is 30.8 Å². The van der Waals surface area contributed by atoms with Crippen LogP contribution in [0.2, 0.25) is 0 Å². The Morgan fingerprint density at radius 1 is 1.14 bits per heavy atom. The Bertz CT molecular complexity index is 914. The van der Waals surface area contributed by atoms with Crippen molar-refractivity contribution in [3.8, 4) is 0 Å². The minimum Gasteiger partial charge on any atom is -0.351 e. The van der Waals surface area contributed by atoms with Crippen molar-refractivity contribution < 1.29 is 30.8 Å². The normalized spacial score (nSPS) is 13.2. The van der Waals surface area contributed by atoms with E-state index in [4.69, 9.17) is 0 Å². The number of hydrogen-bond donors (Lipinski definition) is 2. The van der Waals surface area contributed by atoms with E-state index >= 15 is 0 Å². The molecule has 2 aromatic rings. The number of nitrogens with zero attached hydrogens (tertiary/aromatic N) is 1. The second-order valence-corrected chi connectivity index (χ2v) is 7.66. The molecular weight excluding hydrogens is 402 g/mol. The average molecular weight is 419 g/mol. The van der Waals surface area contributed by atoms with E-state index in [1.54, 1.807) is 6.92 Å². The van der Waals surface area contributed by atoms with Crippen LogP contribution in [-0.2, 0) is 16.2 Å². The lowest BCUT2D eigenvalue weighted by Gasteiger charge is -2.15. The third-order valence-corrected chi connectivity index (χ3v) is 5.28. The molecule has 6 nitrogen and oxygen atoms in total. The molecule has 0 saturated heterocycles. The number of alkyl halides is 3. The number of halogens is 4. The van der Waals surface area contributed by atoms with Crippen LogP contribution in [0.15, 0.2) is 47.5 Å². The predicted octanol–water partition coefficient (Wildman–Crippen LogP) is 2.73. The van der Waals surface area contributed by atoms with Crippen molar-refractivity contribution in [2.45, 2.75) is 30.5 Å². The average Bonchev–Trinajstić information content (AvgIpc) is 2.61. The van der Waals surface area contributed by atoms with Crippen molar-refractivity contribution in [1.82, 2.24) is 15.0 Å². The van der Waals surface area contributed by atoms with Crippen molar-refractivity contribution >= 4 is 15.9 Å². The number of aromatic nitrogens is 1. The zero-order valence-corrected chi connectivity index (χ0v) is 15.4. The van der Waals surface area contributed by atoms with E-state index in [0.717, 1.165) is 24.4 Å². The first-order chi connectivity index (χ1) is 13.0. The third kappa shape index (κ3) is 5.99. The van der Waals surface area contributed by atoms with Crippen LogP contribution in [0, 0.1) is 5.82 Å². The first-order valence-electron chi connectivity index (χ1n) is 8.08. The van der Waals surface area contributed by atoms with Crippen molar-refractivity contribution in [3.05, 3.63) is 59.7 Å². The van der Waals surface area contributed by atoms with Gasteiger partial charge >= 0.3 is 6.18 Å². The molecule has 0 aliphatic heterocycles. The van der Waals surface area contributed by atoms with Gasteiger partial charge in [0.25, 0.3) is 5.91 Å². The molecule has 1 aromatic carbocycles. The van der Waals surface area contributed by atoms with Crippen molar-refractivity contribution in [3.63, 3.8) is 0 Å². The molecule has 0 spiro atoms. The van der Waals surface area contributed by atoms with Gasteiger partial charge in [0.1, 0.15) is 11.5 Å². The summed E-state index contributed by atoms with van der Waals surface area (Å²) in [6, 6.07) is 4.82. The fourth-order valence-corrected chi connectivity index (χ4v) is 3.50. The molecule has 0 aliphatic carbocycles. The van der Waals surface area contributed by atoms with Gasteiger partial charge in [-0.3, -0.25) is 4.79 Å². The molecule has 11 heteroatoms. The standard InChI is InChI=1S/C17H17F4N3O3S/c1-11(8-9-22-16(25)15-7-4-13(18)10-23-15)24-28(26,27)14-5-2-12(3-6-14)17(19,20)21/h2-7,10-11,24H,8-9H2,1H3,(H,22,25). The van der Waals surface area contributed by atoms with Crippen LogP contribution in [0.1, 0.15) is 29.4 Å². The Labute approximate surface area is 159 Å². The molecule has 2 N–H and O–H groups in total. The van der Waals surface area contributed by atoms with Gasteiger partial charge in [0, 0.05) is 12.6 Å². The second kappa shape index (κ2) is 8.65. The van der Waals surface area contributed by atoms with Crippen molar-refractivity contribution in [2.75, 3.05) is 6.54 Å². The highest BCUT2D eigenvalue weighted by atomic mass is 32.2. The highest BCUT2D eigenvalue weighted by molar-refractivity contribution is 7.89. The molecular formula is C17H17F4N3O3S. The summed E-state index contributed by atoms with van der Waals surface area (Å²) in [6.45, 7) is 1.65. The fraction of sp³-hybridized carbons (Fsp3) is 0.294. The number of nitrogens with one attached hydrogen (secondary N) is 2. The fourth-order valence-electron chi connectivity index (χ4n) is 2.22. The Morgan fingerprint density at radius 3 is 2.32 bits per heavy atom. The van der Waals surface area contributed by atoms with Gasteiger partial charge in [-0.05, 0) is 49.7 Å². The Hall–Kier alpha value is -2.53. The molecule has 1 atom stereocenters. The smallest absolute Gasteiger partial charge is 0.351 e. The van der Waals surface area contributed by atoms with Gasteiger partial charge in [-0.15, -0.1) is 0 Å². The van der Waals surface area contributed by atoms with Crippen LogP contribution >= 0.6 is 0 Å². The topological polar surface area (TPSA) is 88.2 Å². The van der Waals surface area contributed by atoms with Crippen molar-refractivity contribution in [2.24, 2.45) is 0 Å². The van der Waals surface area contributed by atoms with Gasteiger partial charge in [-0.2, -0.15) is 13.2 Å². The largest absolute Gasteiger partial charge is 0.416 e. The zero-order chi connectivity index (χ0) is 20.9. The van der Waals surface area contributed by atoms with Crippen LogP contribution in [0.5, 0.6) is 0 Å². The molecule has 0 fully saturated rings. The molecule has 0 bridgehead atoms.